The van der Waals surface area contributed by atoms with Crippen LogP contribution in [-0.2, 0) is 19.1 Å². The molecule has 0 aromatic heterocycles. The van der Waals surface area contributed by atoms with Crippen molar-refractivity contribution < 1.29 is 19.1 Å². The summed E-state index contributed by atoms with van der Waals surface area (Å²) in [6.07, 6.45) is 25.2. The number of esters is 2. The Morgan fingerprint density at radius 3 is 1.94 bits per heavy atom. The summed E-state index contributed by atoms with van der Waals surface area (Å²) in [5.41, 5.74) is 4.64. The van der Waals surface area contributed by atoms with E-state index in [-0.39, 0.29) is 11.1 Å². The summed E-state index contributed by atoms with van der Waals surface area (Å²) in [6, 6.07) is 0. The average Bonchev–Trinajstić information content (AvgIpc) is 3.07. The van der Waals surface area contributed by atoms with Crippen LogP contribution in [0.5, 0.6) is 0 Å². The Morgan fingerprint density at radius 2 is 1.29 bits per heavy atom. The van der Waals surface area contributed by atoms with Gasteiger partial charge in [0.25, 0.3) is 0 Å². The number of carbonyl (C=O) groups excluding carboxylic acids is 2. The minimum absolute atomic E-state index is 0.243. The molecular weight excluding hydrogens is 388 g/mol. The largest absolute Gasteiger partial charge is 0.465 e. The highest BCUT2D eigenvalue weighted by atomic mass is 16.5. The van der Waals surface area contributed by atoms with Crippen LogP contribution in [0.15, 0.2) is 69.9 Å². The summed E-state index contributed by atoms with van der Waals surface area (Å²) in [4.78, 5) is 25.3. The molecule has 0 atom stereocenters. The number of ether oxygens (including phenoxy) is 2. The summed E-state index contributed by atoms with van der Waals surface area (Å²) < 4.78 is 10.1. The van der Waals surface area contributed by atoms with Gasteiger partial charge in [-0.05, 0) is 54.1 Å². The van der Waals surface area contributed by atoms with Crippen molar-refractivity contribution in [1.82, 2.24) is 0 Å². The smallest absolute Gasteiger partial charge is 0.339 e. The number of allylic oxidation sites excluding steroid dienone is 10. The first kappa shape index (κ1) is 23.1. The van der Waals surface area contributed by atoms with Crippen LogP contribution >= 0.6 is 0 Å². The molecule has 4 nitrogen and oxygen atoms in total. The van der Waals surface area contributed by atoms with Crippen LogP contribution in [0.1, 0.15) is 70.6 Å². The van der Waals surface area contributed by atoms with E-state index in [0.717, 1.165) is 42.4 Å². The van der Waals surface area contributed by atoms with Crippen molar-refractivity contribution in [1.29, 1.82) is 0 Å². The summed E-state index contributed by atoms with van der Waals surface area (Å²) in [5.74, 6) is -1.05. The first-order chi connectivity index (χ1) is 15.2. The lowest BCUT2D eigenvalue weighted by molar-refractivity contribution is -0.139. The Balaban J connectivity index is 2.08. The van der Waals surface area contributed by atoms with Crippen LogP contribution in [-0.4, -0.2) is 26.2 Å². The molecule has 0 aliphatic heterocycles. The number of rotatable bonds is 2. The number of hydrogen-bond donors (Lipinski definition) is 0. The molecule has 2 bridgehead atoms. The molecule has 0 heterocycles. The first-order valence-corrected chi connectivity index (χ1v) is 11.6. The predicted octanol–water partition coefficient (Wildman–Crippen LogP) is 6.22. The SMILES string of the molecule is COC(=O)C1=CC=C2CCCCCCCCCCCC3=CC=C2C(=C1C(=O)OC)C=C3. The number of carbonyl (C=O) groups is 2. The molecule has 0 aromatic carbocycles. The molecular formula is C27H34O4. The fraction of sp³-hybridized carbons (Fsp3) is 0.481. The van der Waals surface area contributed by atoms with Gasteiger partial charge in [0.2, 0.25) is 0 Å². The molecule has 3 rings (SSSR count). The van der Waals surface area contributed by atoms with Gasteiger partial charge in [-0.3, -0.25) is 0 Å². The molecule has 0 aromatic rings. The molecule has 0 fully saturated rings. The summed E-state index contributed by atoms with van der Waals surface area (Å²) in [7, 11) is 2.68. The van der Waals surface area contributed by atoms with Crippen LogP contribution in [0.25, 0.3) is 0 Å². The van der Waals surface area contributed by atoms with Gasteiger partial charge in [-0.2, -0.15) is 0 Å². The number of methoxy groups -OCH3 is 2. The van der Waals surface area contributed by atoms with E-state index >= 15 is 0 Å². The lowest BCUT2D eigenvalue weighted by Gasteiger charge is -2.15. The second-order valence-electron chi connectivity index (χ2n) is 8.38. The molecule has 166 valence electrons. The van der Waals surface area contributed by atoms with E-state index in [1.54, 1.807) is 6.08 Å². The molecule has 0 spiro atoms. The van der Waals surface area contributed by atoms with Gasteiger partial charge in [0.1, 0.15) is 0 Å². The van der Waals surface area contributed by atoms with E-state index in [1.807, 2.05) is 12.2 Å². The van der Waals surface area contributed by atoms with Crippen LogP contribution in [0.4, 0.5) is 0 Å². The molecule has 3 aliphatic carbocycles. The zero-order chi connectivity index (χ0) is 22.1. The Labute approximate surface area is 186 Å². The highest BCUT2D eigenvalue weighted by molar-refractivity contribution is 6.09. The van der Waals surface area contributed by atoms with Crippen molar-refractivity contribution in [3.8, 4) is 0 Å². The summed E-state index contributed by atoms with van der Waals surface area (Å²) in [6.45, 7) is 0. The third-order valence-corrected chi connectivity index (χ3v) is 6.26. The maximum absolute atomic E-state index is 12.8. The van der Waals surface area contributed by atoms with Crippen molar-refractivity contribution in [2.24, 2.45) is 0 Å². The predicted molar refractivity (Wildman–Crippen MR) is 123 cm³/mol. The monoisotopic (exact) mass is 422 g/mol. The maximum atomic E-state index is 12.8. The fourth-order valence-electron chi connectivity index (χ4n) is 4.48. The van der Waals surface area contributed by atoms with Gasteiger partial charge < -0.3 is 9.47 Å². The fourth-order valence-corrected chi connectivity index (χ4v) is 4.48. The average molecular weight is 423 g/mol. The third kappa shape index (κ3) is 5.96. The molecule has 4 heteroatoms. The minimum atomic E-state index is -0.530. The molecule has 3 aliphatic rings. The molecule has 0 radical (unpaired) electrons. The number of fused-ring (bicyclic) bond motifs is 1. The van der Waals surface area contributed by atoms with Crippen molar-refractivity contribution in [3.63, 3.8) is 0 Å². The van der Waals surface area contributed by atoms with Crippen molar-refractivity contribution in [2.45, 2.75) is 70.6 Å². The van der Waals surface area contributed by atoms with Gasteiger partial charge in [0.15, 0.2) is 0 Å². The van der Waals surface area contributed by atoms with Gasteiger partial charge in [0, 0.05) is 0 Å². The Hall–Kier alpha value is -2.62. The molecule has 0 amide bonds. The quantitative estimate of drug-likeness (QED) is 0.496. The normalized spacial score (nSPS) is 20.6. The van der Waals surface area contributed by atoms with Gasteiger partial charge in [-0.25, -0.2) is 9.59 Å². The molecule has 0 saturated carbocycles. The number of hydrogen-bond acceptors (Lipinski definition) is 4. The summed E-state index contributed by atoms with van der Waals surface area (Å²) in [5, 5.41) is 0. The first-order valence-electron chi connectivity index (χ1n) is 11.6. The van der Waals surface area contributed by atoms with Gasteiger partial charge in [-0.15, -0.1) is 0 Å². The van der Waals surface area contributed by atoms with E-state index in [9.17, 15) is 9.59 Å². The van der Waals surface area contributed by atoms with Crippen molar-refractivity contribution in [2.75, 3.05) is 14.2 Å². The maximum Gasteiger partial charge on any atom is 0.339 e. The third-order valence-electron chi connectivity index (χ3n) is 6.26. The zero-order valence-electron chi connectivity index (χ0n) is 18.9. The zero-order valence-corrected chi connectivity index (χ0v) is 18.9. The van der Waals surface area contributed by atoms with Gasteiger partial charge in [-0.1, -0.05) is 75.3 Å². The molecule has 31 heavy (non-hydrogen) atoms. The standard InChI is InChI=1S/C27H34O4/c1-30-26(28)24-19-16-21-13-11-9-7-5-3-4-6-8-10-12-20-14-17-22(21)23(18-15-20)25(24)27(29)31-2/h14-19H,3-13H2,1-2H3. The highest BCUT2D eigenvalue weighted by Gasteiger charge is 2.29. The lowest BCUT2D eigenvalue weighted by atomic mass is 9.90. The summed E-state index contributed by atoms with van der Waals surface area (Å²) >= 11 is 0. The van der Waals surface area contributed by atoms with Gasteiger partial charge >= 0.3 is 11.9 Å². The highest BCUT2D eigenvalue weighted by Crippen LogP contribution is 2.36. The Morgan fingerprint density at radius 1 is 0.677 bits per heavy atom. The second kappa shape index (κ2) is 11.7. The van der Waals surface area contributed by atoms with Crippen molar-refractivity contribution >= 4 is 11.9 Å². The molecule has 0 N–H and O–H groups in total. The molecule has 0 saturated heterocycles. The van der Waals surface area contributed by atoms with E-state index in [4.69, 9.17) is 9.47 Å². The van der Waals surface area contributed by atoms with Crippen molar-refractivity contribution in [3.05, 3.63) is 69.9 Å². The van der Waals surface area contributed by atoms with Crippen LogP contribution in [0.3, 0.4) is 0 Å². The topological polar surface area (TPSA) is 52.6 Å². The van der Waals surface area contributed by atoms with Crippen LogP contribution in [0.2, 0.25) is 0 Å². The molecule has 0 unspecified atom stereocenters. The Kier molecular flexibility index (Phi) is 8.69. The lowest BCUT2D eigenvalue weighted by Crippen LogP contribution is -2.17. The van der Waals surface area contributed by atoms with Gasteiger partial charge in [0.05, 0.1) is 25.4 Å². The minimum Gasteiger partial charge on any atom is -0.465 e. The van der Waals surface area contributed by atoms with E-state index in [1.165, 1.54) is 64.7 Å². The second-order valence-corrected chi connectivity index (χ2v) is 8.38. The van der Waals surface area contributed by atoms with E-state index in [2.05, 4.69) is 18.2 Å². The van der Waals surface area contributed by atoms with Crippen LogP contribution in [0, 0.1) is 0 Å². The van der Waals surface area contributed by atoms with E-state index in [0.29, 0.717) is 0 Å². The Bertz CT molecular complexity index is 877. The van der Waals surface area contributed by atoms with E-state index < -0.39 is 11.9 Å². The van der Waals surface area contributed by atoms with Crippen LogP contribution < -0.4 is 0 Å².